The van der Waals surface area contributed by atoms with Gasteiger partial charge in [-0.05, 0) is 64.3 Å². The van der Waals surface area contributed by atoms with E-state index in [9.17, 15) is 9.18 Å². The molecule has 13 heteroatoms. The molecule has 11 nitrogen and oxygen atoms in total. The molecule has 0 bridgehead atoms. The highest BCUT2D eigenvalue weighted by Gasteiger charge is 2.54. The molecular formula is C36H47ClFN7O4. The van der Waals surface area contributed by atoms with E-state index in [0.717, 1.165) is 89.5 Å². The van der Waals surface area contributed by atoms with E-state index in [2.05, 4.69) is 30.1 Å². The van der Waals surface area contributed by atoms with E-state index in [1.54, 1.807) is 11.1 Å². The third-order valence-electron chi connectivity index (χ3n) is 10.2. The molecule has 0 unspecified atom stereocenters. The second-order valence-corrected chi connectivity index (χ2v) is 13.9. The molecule has 2 aromatic heterocycles. The summed E-state index contributed by atoms with van der Waals surface area (Å²) in [6.45, 7) is 13.5. The molecule has 3 aromatic rings. The maximum absolute atomic E-state index is 14.3. The molecule has 1 aliphatic carbocycles. The first-order chi connectivity index (χ1) is 23.3. The van der Waals surface area contributed by atoms with Crippen molar-refractivity contribution >= 4 is 24.1 Å². The molecule has 1 aromatic carbocycles. The summed E-state index contributed by atoms with van der Waals surface area (Å²) in [6.07, 6.45) is 9.33. The van der Waals surface area contributed by atoms with E-state index in [1.807, 2.05) is 33.0 Å². The number of rotatable bonds is 11. The fourth-order valence-electron chi connectivity index (χ4n) is 7.64. The fraction of sp³-hybridized carbons (Fsp3) is 0.556. The maximum atomic E-state index is 14.3. The van der Waals surface area contributed by atoms with Gasteiger partial charge in [-0.3, -0.25) is 14.7 Å². The highest BCUT2D eigenvalue weighted by molar-refractivity contribution is 5.97. The number of nitrogens with one attached hydrogen (secondary N) is 1. The molecule has 1 spiro atoms. The smallest absolute Gasteiger partial charge is 0.257 e. The van der Waals surface area contributed by atoms with Crippen molar-refractivity contribution in [1.29, 1.82) is 0 Å². The Labute approximate surface area is 293 Å². The monoisotopic (exact) mass is 695 g/mol. The number of anilines is 1. The molecule has 1 amide bonds. The van der Waals surface area contributed by atoms with Crippen LogP contribution in [0.15, 0.2) is 43.0 Å². The summed E-state index contributed by atoms with van der Waals surface area (Å²) in [6, 6.07) is 6.02. The van der Waals surface area contributed by atoms with E-state index < -0.39 is 5.82 Å². The van der Waals surface area contributed by atoms with Crippen LogP contribution in [0.2, 0.25) is 0 Å². The number of amides is 1. The number of halogens is 2. The molecule has 1 saturated carbocycles. The predicted octanol–water partition coefficient (Wildman–Crippen LogP) is 4.88. The highest BCUT2D eigenvalue weighted by Crippen LogP contribution is 2.52. The number of aromatic nitrogens is 3. The molecule has 1 N–H and O–H groups in total. The summed E-state index contributed by atoms with van der Waals surface area (Å²) in [4.78, 5) is 33.1. The molecule has 2 saturated heterocycles. The number of pyridine rings is 1. The van der Waals surface area contributed by atoms with Gasteiger partial charge >= 0.3 is 0 Å². The highest BCUT2D eigenvalue weighted by atomic mass is 35.5. The number of hydrogen-bond donors (Lipinski definition) is 1. The van der Waals surface area contributed by atoms with Gasteiger partial charge in [0.05, 0.1) is 24.5 Å². The number of carbonyl (C=O) groups excluding carboxylic acids is 1. The maximum Gasteiger partial charge on any atom is 0.257 e. The van der Waals surface area contributed by atoms with Crippen molar-refractivity contribution in [2.75, 3.05) is 57.3 Å². The van der Waals surface area contributed by atoms with E-state index in [-0.39, 0.29) is 53.3 Å². The van der Waals surface area contributed by atoms with Crippen LogP contribution in [0.4, 0.5) is 10.2 Å². The van der Waals surface area contributed by atoms with Gasteiger partial charge in [0, 0.05) is 87.7 Å². The van der Waals surface area contributed by atoms with Crippen molar-refractivity contribution in [3.63, 3.8) is 0 Å². The Morgan fingerprint density at radius 2 is 2.02 bits per heavy atom. The fourth-order valence-corrected chi connectivity index (χ4v) is 7.64. The van der Waals surface area contributed by atoms with Crippen LogP contribution in [-0.2, 0) is 17.7 Å². The predicted molar refractivity (Wildman–Crippen MR) is 186 cm³/mol. The third kappa shape index (κ3) is 7.62. The summed E-state index contributed by atoms with van der Waals surface area (Å²) in [5.74, 6) is 1.57. The van der Waals surface area contributed by atoms with Gasteiger partial charge in [-0.25, -0.2) is 14.4 Å². The molecule has 5 heterocycles. The number of carbonyl (C=O) groups is 1. The topological polar surface area (TPSA) is 105 Å². The van der Waals surface area contributed by atoms with E-state index in [4.69, 9.17) is 14.2 Å². The van der Waals surface area contributed by atoms with Crippen LogP contribution in [-0.4, -0.2) is 101 Å². The van der Waals surface area contributed by atoms with Crippen LogP contribution >= 0.6 is 12.4 Å². The van der Waals surface area contributed by atoms with Gasteiger partial charge in [-0.15, -0.1) is 12.4 Å². The standard InChI is InChI=1S/C36H46FN7O4.ClH/c1-4-44(24(2)3)35(45)28-15-25(37)5-6-31(28)48-33-19-39-23-41-34(33)43-21-36(22-43)16-27(17-36)47-32-7-10-40-30-9-13-42(20-29(30)32)12-8-26-18-38-11-14-46-26;/h5-7,10,15,19,23-24,26-27,38H,4,8-9,11-14,16-18,20-22H2,1-3H3;1H/t26-;/m1./s1. The summed E-state index contributed by atoms with van der Waals surface area (Å²) >= 11 is 0. The lowest BCUT2D eigenvalue weighted by Gasteiger charge is -2.59. The summed E-state index contributed by atoms with van der Waals surface area (Å²) in [7, 11) is 0. The lowest BCUT2D eigenvalue weighted by molar-refractivity contribution is -0.0353. The third-order valence-corrected chi connectivity index (χ3v) is 10.2. The Morgan fingerprint density at radius 3 is 2.78 bits per heavy atom. The molecule has 3 aliphatic heterocycles. The zero-order valence-corrected chi connectivity index (χ0v) is 29.4. The molecule has 4 aliphatic rings. The molecule has 0 radical (unpaired) electrons. The largest absolute Gasteiger partial charge is 0.490 e. The van der Waals surface area contributed by atoms with Crippen molar-refractivity contribution in [3.8, 4) is 17.2 Å². The minimum Gasteiger partial charge on any atom is -0.490 e. The zero-order valence-electron chi connectivity index (χ0n) is 28.6. The van der Waals surface area contributed by atoms with Crippen LogP contribution in [0.25, 0.3) is 0 Å². The molecule has 3 fully saturated rings. The number of nitrogens with zero attached hydrogens (tertiary/aromatic N) is 6. The minimum absolute atomic E-state index is 0. The van der Waals surface area contributed by atoms with Gasteiger partial charge in [-0.2, -0.15) is 0 Å². The summed E-state index contributed by atoms with van der Waals surface area (Å²) in [5.41, 5.74) is 2.71. The Kier molecular flexibility index (Phi) is 10.9. The number of ether oxygens (including phenoxy) is 3. The lowest BCUT2D eigenvalue weighted by Crippen LogP contribution is -2.65. The number of morpholine rings is 1. The number of benzene rings is 1. The first-order valence-corrected chi connectivity index (χ1v) is 17.3. The molecule has 264 valence electrons. The normalized spacial score (nSPS) is 20.2. The average molecular weight is 696 g/mol. The molecule has 49 heavy (non-hydrogen) atoms. The van der Waals surface area contributed by atoms with E-state index in [1.165, 1.54) is 30.1 Å². The number of hydrogen-bond acceptors (Lipinski definition) is 10. The van der Waals surface area contributed by atoms with Crippen LogP contribution in [0.1, 0.15) is 61.6 Å². The van der Waals surface area contributed by atoms with Crippen molar-refractivity contribution in [2.24, 2.45) is 5.41 Å². The average Bonchev–Trinajstić information content (AvgIpc) is 3.06. The second-order valence-electron chi connectivity index (χ2n) is 13.9. The van der Waals surface area contributed by atoms with Gasteiger partial charge in [0.15, 0.2) is 11.6 Å². The number of fused-ring (bicyclic) bond motifs is 1. The summed E-state index contributed by atoms with van der Waals surface area (Å²) < 4.78 is 33.1. The first kappa shape index (κ1) is 35.3. The van der Waals surface area contributed by atoms with Crippen LogP contribution in [0, 0.1) is 11.2 Å². The minimum atomic E-state index is -0.492. The second kappa shape index (κ2) is 15.1. The van der Waals surface area contributed by atoms with Crippen LogP contribution in [0.3, 0.4) is 0 Å². The Hall–Kier alpha value is -3.58. The Balaban J connectivity index is 0.00000417. The molecular weight excluding hydrogens is 649 g/mol. The lowest BCUT2D eigenvalue weighted by atomic mass is 9.61. The first-order valence-electron chi connectivity index (χ1n) is 17.3. The molecule has 7 rings (SSSR count). The van der Waals surface area contributed by atoms with Gasteiger partial charge in [-0.1, -0.05) is 0 Å². The summed E-state index contributed by atoms with van der Waals surface area (Å²) in [5, 5.41) is 3.42. The van der Waals surface area contributed by atoms with Crippen molar-refractivity contribution in [2.45, 2.75) is 71.2 Å². The van der Waals surface area contributed by atoms with Crippen LogP contribution in [0.5, 0.6) is 17.2 Å². The zero-order chi connectivity index (χ0) is 33.3. The quantitative estimate of drug-likeness (QED) is 0.299. The van der Waals surface area contributed by atoms with Gasteiger partial charge in [0.1, 0.15) is 29.7 Å². The Morgan fingerprint density at radius 1 is 1.18 bits per heavy atom. The SMILES string of the molecule is CCN(C(=O)c1cc(F)ccc1Oc1cncnc1N1CC2(CC(Oc3ccnc4c3CN(CC[C@@H]3CNCCO3)CC4)C2)C1)C(C)C.Cl. The molecule has 1 atom stereocenters. The van der Waals surface area contributed by atoms with Gasteiger partial charge < -0.3 is 29.3 Å². The van der Waals surface area contributed by atoms with Crippen molar-refractivity contribution in [1.82, 2.24) is 30.1 Å². The van der Waals surface area contributed by atoms with E-state index >= 15 is 0 Å². The Bertz CT molecular complexity index is 1610. The van der Waals surface area contributed by atoms with Crippen molar-refractivity contribution in [3.05, 3.63) is 65.6 Å². The van der Waals surface area contributed by atoms with Gasteiger partial charge in [0.25, 0.3) is 5.91 Å². The van der Waals surface area contributed by atoms with Gasteiger partial charge in [0.2, 0.25) is 0 Å². The van der Waals surface area contributed by atoms with Crippen LogP contribution < -0.4 is 19.7 Å². The van der Waals surface area contributed by atoms with E-state index in [0.29, 0.717) is 18.1 Å². The van der Waals surface area contributed by atoms with Crippen molar-refractivity contribution < 1.29 is 23.4 Å².